The highest BCUT2D eigenvalue weighted by Crippen LogP contribution is 2.39. The Kier molecular flexibility index (Phi) is 6.45. The van der Waals surface area contributed by atoms with Gasteiger partial charge in [-0.15, -0.1) is 11.3 Å². The number of carbonyl (C=O) groups excluding carboxylic acids is 4. The second kappa shape index (κ2) is 9.15. The molecular formula is C23H24ClN3O5S. The Morgan fingerprint density at radius 1 is 1.21 bits per heavy atom. The number of fused-ring (bicyclic) bond motifs is 1. The lowest BCUT2D eigenvalue weighted by Crippen LogP contribution is -2.44. The first-order valence-electron chi connectivity index (χ1n) is 10.7. The lowest BCUT2D eigenvalue weighted by molar-refractivity contribution is -0.134. The molecule has 1 atom stereocenters. The number of aryl methyl sites for hydroxylation is 1. The van der Waals surface area contributed by atoms with Crippen LogP contribution in [0.4, 0.5) is 9.80 Å². The first-order chi connectivity index (χ1) is 15.8. The van der Waals surface area contributed by atoms with Crippen molar-refractivity contribution in [1.82, 2.24) is 10.2 Å². The van der Waals surface area contributed by atoms with Crippen LogP contribution in [0.5, 0.6) is 0 Å². The third kappa shape index (κ3) is 4.11. The number of urea groups is 1. The minimum atomic E-state index is -1.26. The number of methoxy groups -OCH3 is 1. The molecule has 1 aliphatic carbocycles. The van der Waals surface area contributed by atoms with Gasteiger partial charge in [0.2, 0.25) is 5.91 Å². The fourth-order valence-corrected chi connectivity index (χ4v) is 5.84. The number of esters is 1. The second-order valence-corrected chi connectivity index (χ2v) is 9.58. The predicted molar refractivity (Wildman–Crippen MR) is 125 cm³/mol. The fourth-order valence-electron chi connectivity index (χ4n) is 4.43. The lowest BCUT2D eigenvalue weighted by atomic mass is 9.87. The van der Waals surface area contributed by atoms with Gasteiger partial charge in [-0.25, -0.2) is 9.59 Å². The minimum Gasteiger partial charge on any atom is -0.465 e. The van der Waals surface area contributed by atoms with Crippen LogP contribution in [0.3, 0.4) is 0 Å². The number of thiophene rings is 1. The van der Waals surface area contributed by atoms with E-state index in [1.54, 1.807) is 31.2 Å². The van der Waals surface area contributed by atoms with E-state index in [0.717, 1.165) is 41.0 Å². The van der Waals surface area contributed by atoms with Crippen LogP contribution in [0.1, 0.15) is 52.5 Å². The molecule has 1 saturated heterocycles. The predicted octanol–water partition coefficient (Wildman–Crippen LogP) is 3.86. The molecule has 0 bridgehead atoms. The molecule has 4 amide bonds. The number of benzene rings is 1. The van der Waals surface area contributed by atoms with Gasteiger partial charge in [-0.1, -0.05) is 30.7 Å². The number of carbonyl (C=O) groups is 4. The van der Waals surface area contributed by atoms with Gasteiger partial charge in [-0.3, -0.25) is 14.5 Å². The molecular weight excluding hydrogens is 466 g/mol. The Balaban J connectivity index is 1.55. The zero-order valence-electron chi connectivity index (χ0n) is 18.3. The Morgan fingerprint density at radius 3 is 2.58 bits per heavy atom. The second-order valence-electron chi connectivity index (χ2n) is 8.04. The van der Waals surface area contributed by atoms with Gasteiger partial charge in [0.15, 0.2) is 0 Å². The van der Waals surface area contributed by atoms with E-state index in [2.05, 4.69) is 10.6 Å². The van der Waals surface area contributed by atoms with E-state index >= 15 is 0 Å². The molecule has 174 valence electrons. The van der Waals surface area contributed by atoms with Crippen molar-refractivity contribution in [2.45, 2.75) is 44.6 Å². The number of nitrogens with one attached hydrogen (secondary N) is 2. The number of ether oxygens (including phenoxy) is 1. The molecule has 10 heteroatoms. The average Bonchev–Trinajstić information content (AvgIpc) is 3.29. The van der Waals surface area contributed by atoms with E-state index in [1.807, 2.05) is 0 Å². The highest BCUT2D eigenvalue weighted by Gasteiger charge is 2.51. The Bertz CT molecular complexity index is 1130. The molecule has 0 radical (unpaired) electrons. The molecule has 4 rings (SSSR count). The highest BCUT2D eigenvalue weighted by molar-refractivity contribution is 7.17. The van der Waals surface area contributed by atoms with Gasteiger partial charge < -0.3 is 15.4 Å². The summed E-state index contributed by atoms with van der Waals surface area (Å²) in [5, 5.41) is 6.38. The number of anilines is 1. The van der Waals surface area contributed by atoms with Gasteiger partial charge in [-0.05, 0) is 55.4 Å². The van der Waals surface area contributed by atoms with E-state index in [4.69, 9.17) is 16.3 Å². The van der Waals surface area contributed by atoms with Crippen molar-refractivity contribution in [2.75, 3.05) is 19.0 Å². The highest BCUT2D eigenvalue weighted by atomic mass is 35.5. The largest absolute Gasteiger partial charge is 0.465 e. The topological polar surface area (TPSA) is 105 Å². The van der Waals surface area contributed by atoms with Gasteiger partial charge in [0.25, 0.3) is 5.91 Å². The van der Waals surface area contributed by atoms with Gasteiger partial charge in [0.1, 0.15) is 17.1 Å². The maximum atomic E-state index is 13.3. The number of hydrogen-bond donors (Lipinski definition) is 2. The van der Waals surface area contributed by atoms with Gasteiger partial charge in [0, 0.05) is 9.90 Å². The van der Waals surface area contributed by atoms with Crippen molar-refractivity contribution in [2.24, 2.45) is 0 Å². The molecule has 1 fully saturated rings. The molecule has 2 heterocycles. The van der Waals surface area contributed by atoms with E-state index < -0.39 is 35.9 Å². The molecule has 0 saturated carbocycles. The monoisotopic (exact) mass is 489 g/mol. The standard InChI is InChI=1S/C23H24ClN3O5S/c1-3-23(13-8-10-14(24)11-9-13)21(30)27(22(31)26-23)12-17(28)25-19-18(20(29)32-2)15-6-4-5-7-16(15)33-19/h8-11H,3-7,12H2,1-2H3,(H,25,28)(H,26,31). The van der Waals surface area contributed by atoms with E-state index in [-0.39, 0.29) is 0 Å². The summed E-state index contributed by atoms with van der Waals surface area (Å²) < 4.78 is 4.93. The third-order valence-corrected chi connectivity index (χ3v) is 7.62. The molecule has 0 spiro atoms. The maximum absolute atomic E-state index is 13.3. The first kappa shape index (κ1) is 23.3. The van der Waals surface area contributed by atoms with Crippen LogP contribution in [0.25, 0.3) is 0 Å². The Labute approximate surface area is 200 Å². The average molecular weight is 490 g/mol. The van der Waals surface area contributed by atoms with Crippen molar-refractivity contribution < 1.29 is 23.9 Å². The van der Waals surface area contributed by atoms with Gasteiger partial charge in [-0.2, -0.15) is 0 Å². The molecule has 2 aliphatic rings. The van der Waals surface area contributed by atoms with Crippen molar-refractivity contribution in [3.05, 3.63) is 50.9 Å². The molecule has 1 aromatic carbocycles. The van der Waals surface area contributed by atoms with Crippen LogP contribution in [0.2, 0.25) is 5.02 Å². The summed E-state index contributed by atoms with van der Waals surface area (Å²) in [6.07, 6.45) is 3.88. The Morgan fingerprint density at radius 2 is 1.91 bits per heavy atom. The van der Waals surface area contributed by atoms with Crippen LogP contribution >= 0.6 is 22.9 Å². The van der Waals surface area contributed by atoms with Gasteiger partial charge >= 0.3 is 12.0 Å². The minimum absolute atomic E-state index is 0.307. The van der Waals surface area contributed by atoms with Crippen molar-refractivity contribution in [3.8, 4) is 0 Å². The zero-order chi connectivity index (χ0) is 23.8. The molecule has 1 unspecified atom stereocenters. The van der Waals surface area contributed by atoms with E-state index in [0.29, 0.717) is 27.6 Å². The Hall–Kier alpha value is -2.91. The summed E-state index contributed by atoms with van der Waals surface area (Å²) in [5.74, 6) is -1.58. The summed E-state index contributed by atoms with van der Waals surface area (Å²) in [6, 6.07) is 6.02. The molecule has 8 nitrogen and oxygen atoms in total. The van der Waals surface area contributed by atoms with Crippen LogP contribution in [0.15, 0.2) is 24.3 Å². The molecule has 1 aromatic heterocycles. The quantitative estimate of drug-likeness (QED) is 0.473. The summed E-state index contributed by atoms with van der Waals surface area (Å²) >= 11 is 7.31. The summed E-state index contributed by atoms with van der Waals surface area (Å²) in [6.45, 7) is 1.32. The molecule has 1 aliphatic heterocycles. The smallest absolute Gasteiger partial charge is 0.341 e. The first-order valence-corrected chi connectivity index (χ1v) is 11.9. The summed E-state index contributed by atoms with van der Waals surface area (Å²) in [7, 11) is 1.30. The summed E-state index contributed by atoms with van der Waals surface area (Å²) in [4.78, 5) is 53.2. The van der Waals surface area contributed by atoms with E-state index in [9.17, 15) is 19.2 Å². The van der Waals surface area contributed by atoms with Crippen molar-refractivity contribution in [1.29, 1.82) is 0 Å². The lowest BCUT2D eigenvalue weighted by Gasteiger charge is -2.25. The maximum Gasteiger partial charge on any atom is 0.341 e. The van der Waals surface area contributed by atoms with Crippen LogP contribution in [-0.2, 0) is 32.7 Å². The normalized spacial score (nSPS) is 19.8. The number of hydrogen-bond acceptors (Lipinski definition) is 6. The third-order valence-electron chi connectivity index (χ3n) is 6.16. The number of amides is 4. The van der Waals surface area contributed by atoms with Crippen LogP contribution < -0.4 is 10.6 Å². The van der Waals surface area contributed by atoms with Crippen LogP contribution in [0, 0.1) is 0 Å². The molecule has 33 heavy (non-hydrogen) atoms. The van der Waals surface area contributed by atoms with Crippen LogP contribution in [-0.4, -0.2) is 42.4 Å². The SMILES string of the molecule is CCC1(c2ccc(Cl)cc2)NC(=O)N(CC(=O)Nc2sc3c(c2C(=O)OC)CCCC3)C1=O. The molecule has 2 N–H and O–H groups in total. The van der Waals surface area contributed by atoms with Crippen molar-refractivity contribution in [3.63, 3.8) is 0 Å². The number of rotatable bonds is 6. The van der Waals surface area contributed by atoms with Crippen molar-refractivity contribution >= 4 is 51.8 Å². The number of nitrogens with zero attached hydrogens (tertiary/aromatic N) is 1. The fraction of sp³-hybridized carbons (Fsp3) is 0.391. The molecule has 2 aromatic rings. The zero-order valence-corrected chi connectivity index (χ0v) is 19.9. The summed E-state index contributed by atoms with van der Waals surface area (Å²) in [5.41, 5.74) is 0.610. The number of halogens is 1. The van der Waals surface area contributed by atoms with E-state index in [1.165, 1.54) is 18.4 Å². The number of imide groups is 1. The van der Waals surface area contributed by atoms with Gasteiger partial charge in [0.05, 0.1) is 12.7 Å².